The number of nitrogens with zero attached hydrogens (tertiary/aromatic N) is 1. The molecule has 0 unspecified atom stereocenters. The molecular weight excluding hydrogens is 320 g/mol. The van der Waals surface area contributed by atoms with Crippen LogP contribution in [-0.4, -0.2) is 6.11 Å². The first-order chi connectivity index (χ1) is 12.0. The lowest BCUT2D eigenvalue weighted by atomic mass is 9.78. The van der Waals surface area contributed by atoms with Gasteiger partial charge in [0.2, 0.25) is 0 Å². The van der Waals surface area contributed by atoms with Crippen molar-refractivity contribution < 1.29 is 13.5 Å². The third-order valence-corrected chi connectivity index (χ3v) is 5.00. The maximum absolute atomic E-state index is 14.1. The van der Waals surface area contributed by atoms with Gasteiger partial charge >= 0.3 is 6.11 Å². The normalized spacial score (nSPS) is 21.4. The molecule has 1 aliphatic rings. The van der Waals surface area contributed by atoms with E-state index >= 15 is 0 Å². The molecule has 0 N–H and O–H groups in total. The second kappa shape index (κ2) is 9.68. The topological polar surface area (TPSA) is 33.0 Å². The van der Waals surface area contributed by atoms with Crippen LogP contribution in [0, 0.1) is 23.2 Å². The second-order valence-corrected chi connectivity index (χ2v) is 6.97. The summed E-state index contributed by atoms with van der Waals surface area (Å²) < 4.78 is 33.1. The Labute approximate surface area is 149 Å². The predicted octanol–water partition coefficient (Wildman–Crippen LogP) is 6.22. The Morgan fingerprint density at radius 2 is 1.80 bits per heavy atom. The number of alkyl halides is 2. The van der Waals surface area contributed by atoms with Gasteiger partial charge in [0.1, 0.15) is 0 Å². The molecule has 2 rings (SSSR count). The smallest absolute Gasteiger partial charge is 0.316 e. The Kier molecular flexibility index (Phi) is 7.58. The van der Waals surface area contributed by atoms with E-state index in [1.807, 2.05) is 13.0 Å². The van der Waals surface area contributed by atoms with E-state index in [0.717, 1.165) is 32.1 Å². The molecule has 1 aliphatic carbocycles. The summed E-state index contributed by atoms with van der Waals surface area (Å²) in [7, 11) is 0. The highest BCUT2D eigenvalue weighted by Gasteiger charge is 2.35. The Morgan fingerprint density at radius 3 is 2.40 bits per heavy atom. The molecule has 0 aliphatic heterocycles. The van der Waals surface area contributed by atoms with E-state index in [0.29, 0.717) is 17.0 Å². The first kappa shape index (κ1) is 19.6. The van der Waals surface area contributed by atoms with Gasteiger partial charge in [0.05, 0.1) is 18.2 Å². The monoisotopic (exact) mass is 347 g/mol. The van der Waals surface area contributed by atoms with Crippen molar-refractivity contribution in [1.82, 2.24) is 0 Å². The molecule has 0 aromatic heterocycles. The van der Waals surface area contributed by atoms with Crippen molar-refractivity contribution in [2.45, 2.75) is 64.6 Å². The summed E-state index contributed by atoms with van der Waals surface area (Å²) in [5.41, 5.74) is 1.17. The van der Waals surface area contributed by atoms with Crippen molar-refractivity contribution in [2.75, 3.05) is 0 Å². The minimum Gasteiger partial charge on any atom is -0.316 e. The SMILES string of the molecule is CC=CCC[C@H]1CC[C@H](CC(F)(F)OCc2ccc(C#N)cc2)CC1. The van der Waals surface area contributed by atoms with Crippen molar-refractivity contribution >= 4 is 0 Å². The molecule has 0 saturated heterocycles. The van der Waals surface area contributed by atoms with E-state index in [1.165, 1.54) is 6.42 Å². The van der Waals surface area contributed by atoms with Gasteiger partial charge in [-0.05, 0) is 62.1 Å². The molecule has 1 aromatic rings. The van der Waals surface area contributed by atoms with E-state index < -0.39 is 6.11 Å². The van der Waals surface area contributed by atoms with Crippen molar-refractivity contribution in [3.8, 4) is 6.07 Å². The van der Waals surface area contributed by atoms with Crippen LogP contribution in [0.15, 0.2) is 36.4 Å². The summed E-state index contributed by atoms with van der Waals surface area (Å²) in [5, 5.41) is 8.74. The predicted molar refractivity (Wildman–Crippen MR) is 95.0 cm³/mol. The van der Waals surface area contributed by atoms with Crippen LogP contribution < -0.4 is 0 Å². The fraction of sp³-hybridized carbons (Fsp3) is 0.571. The third kappa shape index (κ3) is 6.96. The summed E-state index contributed by atoms with van der Waals surface area (Å²) in [4.78, 5) is 0. The third-order valence-electron chi connectivity index (χ3n) is 5.00. The number of hydrogen-bond donors (Lipinski definition) is 0. The maximum Gasteiger partial charge on any atom is 0.356 e. The highest BCUT2D eigenvalue weighted by atomic mass is 19.3. The second-order valence-electron chi connectivity index (χ2n) is 6.97. The van der Waals surface area contributed by atoms with E-state index in [2.05, 4.69) is 12.2 Å². The first-order valence-corrected chi connectivity index (χ1v) is 9.14. The van der Waals surface area contributed by atoms with Crippen LogP contribution in [-0.2, 0) is 11.3 Å². The first-order valence-electron chi connectivity index (χ1n) is 9.14. The highest BCUT2D eigenvalue weighted by molar-refractivity contribution is 5.31. The van der Waals surface area contributed by atoms with Crippen LogP contribution in [0.2, 0.25) is 0 Å². The lowest BCUT2D eigenvalue weighted by Crippen LogP contribution is -2.27. The zero-order chi connectivity index (χ0) is 18.1. The lowest BCUT2D eigenvalue weighted by Gasteiger charge is -2.30. The van der Waals surface area contributed by atoms with Gasteiger partial charge in [-0.25, -0.2) is 0 Å². The average Bonchev–Trinajstić information content (AvgIpc) is 2.62. The Hall–Kier alpha value is -1.73. The summed E-state index contributed by atoms with van der Waals surface area (Å²) in [6, 6.07) is 8.56. The maximum atomic E-state index is 14.1. The Balaban J connectivity index is 1.72. The summed E-state index contributed by atoms with van der Waals surface area (Å²) in [6.45, 7) is 1.90. The van der Waals surface area contributed by atoms with E-state index in [9.17, 15) is 8.78 Å². The molecule has 0 heterocycles. The molecule has 136 valence electrons. The number of nitriles is 1. The summed E-state index contributed by atoms with van der Waals surface area (Å²) in [5.74, 6) is 0.731. The van der Waals surface area contributed by atoms with Crippen LogP contribution in [0.1, 0.15) is 63.0 Å². The van der Waals surface area contributed by atoms with Crippen LogP contribution in [0.5, 0.6) is 0 Å². The minimum absolute atomic E-state index is 0.0499. The fourth-order valence-corrected chi connectivity index (χ4v) is 3.48. The molecule has 2 nitrogen and oxygen atoms in total. The number of allylic oxidation sites excluding steroid dienone is 2. The molecule has 25 heavy (non-hydrogen) atoms. The molecule has 1 aromatic carbocycles. The number of hydrogen-bond acceptors (Lipinski definition) is 2. The number of rotatable bonds is 8. The molecule has 0 atom stereocenters. The Bertz CT molecular complexity index is 581. The highest BCUT2D eigenvalue weighted by Crippen LogP contribution is 2.38. The van der Waals surface area contributed by atoms with Gasteiger partial charge in [0.25, 0.3) is 0 Å². The van der Waals surface area contributed by atoms with Gasteiger partial charge in [-0.15, -0.1) is 0 Å². The molecule has 0 bridgehead atoms. The summed E-state index contributed by atoms with van der Waals surface area (Å²) in [6.07, 6.45) is 7.07. The van der Waals surface area contributed by atoms with Gasteiger partial charge in [-0.3, -0.25) is 0 Å². The largest absolute Gasteiger partial charge is 0.356 e. The molecule has 4 heteroatoms. The van der Waals surface area contributed by atoms with Crippen LogP contribution >= 0.6 is 0 Å². The Morgan fingerprint density at radius 1 is 1.16 bits per heavy atom. The molecule has 0 amide bonds. The van der Waals surface area contributed by atoms with Crippen molar-refractivity contribution in [3.05, 3.63) is 47.5 Å². The fourth-order valence-electron chi connectivity index (χ4n) is 3.48. The molecular formula is C21H27F2NO. The van der Waals surface area contributed by atoms with Gasteiger partial charge in [0.15, 0.2) is 0 Å². The number of ether oxygens (including phenoxy) is 1. The number of halogens is 2. The van der Waals surface area contributed by atoms with Gasteiger partial charge < -0.3 is 4.74 Å². The van der Waals surface area contributed by atoms with E-state index in [4.69, 9.17) is 10.00 Å². The van der Waals surface area contributed by atoms with Gasteiger partial charge in [0, 0.05) is 6.42 Å². The average molecular weight is 347 g/mol. The standard InChI is InChI=1S/C21H27F2NO/c1-2-3-4-5-17-6-8-18(9-7-17)14-21(22,23)25-16-20-12-10-19(15-24)11-13-20/h2-3,10-13,17-18H,4-9,14,16H2,1H3/t17-,18-. The molecule has 1 fully saturated rings. The van der Waals surface area contributed by atoms with Gasteiger partial charge in [-0.1, -0.05) is 37.1 Å². The van der Waals surface area contributed by atoms with Crippen molar-refractivity contribution in [3.63, 3.8) is 0 Å². The zero-order valence-electron chi connectivity index (χ0n) is 14.9. The van der Waals surface area contributed by atoms with Crippen molar-refractivity contribution in [2.24, 2.45) is 11.8 Å². The zero-order valence-corrected chi connectivity index (χ0v) is 14.9. The molecule has 0 spiro atoms. The lowest BCUT2D eigenvalue weighted by molar-refractivity contribution is -0.256. The summed E-state index contributed by atoms with van der Waals surface area (Å²) >= 11 is 0. The van der Waals surface area contributed by atoms with Crippen LogP contribution in [0.3, 0.4) is 0 Å². The minimum atomic E-state index is -3.09. The molecule has 0 radical (unpaired) electrons. The van der Waals surface area contributed by atoms with E-state index in [-0.39, 0.29) is 18.9 Å². The van der Waals surface area contributed by atoms with E-state index in [1.54, 1.807) is 24.3 Å². The van der Waals surface area contributed by atoms with Gasteiger partial charge in [-0.2, -0.15) is 14.0 Å². The van der Waals surface area contributed by atoms with Crippen LogP contribution in [0.25, 0.3) is 0 Å². The number of benzene rings is 1. The van der Waals surface area contributed by atoms with Crippen molar-refractivity contribution in [1.29, 1.82) is 5.26 Å². The molecule has 1 saturated carbocycles. The quantitative estimate of drug-likeness (QED) is 0.523. The van der Waals surface area contributed by atoms with Crippen LogP contribution in [0.4, 0.5) is 8.78 Å².